The lowest BCUT2D eigenvalue weighted by molar-refractivity contribution is -0.178. The zero-order valence-electron chi connectivity index (χ0n) is 15.4. The van der Waals surface area contributed by atoms with Crippen LogP contribution in [0.25, 0.3) is 0 Å². The number of amides is 3. The summed E-state index contributed by atoms with van der Waals surface area (Å²) in [5.74, 6) is -0.739. The molecule has 0 spiro atoms. The Kier molecular flexibility index (Phi) is 5.72. The molecule has 2 atom stereocenters. The first-order chi connectivity index (χ1) is 11.6. The number of primary amides is 1. The van der Waals surface area contributed by atoms with Gasteiger partial charge in [0.15, 0.2) is 6.61 Å². The van der Waals surface area contributed by atoms with Gasteiger partial charge in [-0.1, -0.05) is 33.8 Å². The molecule has 2 N–H and O–H groups in total. The molecule has 0 aromatic rings. The van der Waals surface area contributed by atoms with Crippen molar-refractivity contribution in [3.05, 3.63) is 11.6 Å². The first-order valence-corrected chi connectivity index (χ1v) is 8.53. The van der Waals surface area contributed by atoms with Crippen molar-refractivity contribution in [2.24, 2.45) is 17.6 Å². The van der Waals surface area contributed by atoms with Crippen LogP contribution in [0.3, 0.4) is 0 Å². The maximum atomic E-state index is 12.4. The van der Waals surface area contributed by atoms with Crippen molar-refractivity contribution in [3.63, 3.8) is 0 Å². The largest absolute Gasteiger partial charge is 0.460 e. The number of carbonyl (C=O) groups is 3. The number of nitrogens with zero attached hydrogens (tertiary/aromatic N) is 2. The lowest BCUT2D eigenvalue weighted by Gasteiger charge is -2.27. The minimum Gasteiger partial charge on any atom is -0.460 e. The van der Waals surface area contributed by atoms with Crippen LogP contribution in [0.15, 0.2) is 11.6 Å². The summed E-state index contributed by atoms with van der Waals surface area (Å²) in [5, 5.41) is 1.12. The average Bonchev–Trinajstić information content (AvgIpc) is 2.73. The molecule has 2 aliphatic heterocycles. The molecule has 1 saturated heterocycles. The molecule has 0 radical (unpaired) electrons. The zero-order valence-corrected chi connectivity index (χ0v) is 15.4. The molecule has 140 valence electrons. The summed E-state index contributed by atoms with van der Waals surface area (Å²) in [6.45, 7) is 9.62. The molecule has 2 heterocycles. The highest BCUT2D eigenvalue weighted by Gasteiger charge is 2.47. The van der Waals surface area contributed by atoms with E-state index in [1.54, 1.807) is 13.0 Å². The van der Waals surface area contributed by atoms with E-state index < -0.39 is 23.9 Å². The third kappa shape index (κ3) is 3.95. The van der Waals surface area contributed by atoms with Crippen molar-refractivity contribution in [3.8, 4) is 0 Å². The van der Waals surface area contributed by atoms with Gasteiger partial charge in [-0.15, -0.1) is 0 Å². The minimum absolute atomic E-state index is 0.185. The van der Waals surface area contributed by atoms with Gasteiger partial charge in [-0.2, -0.15) is 5.06 Å². The molecule has 3 amide bonds. The van der Waals surface area contributed by atoms with Gasteiger partial charge in [0, 0.05) is 0 Å². The quantitative estimate of drug-likeness (QED) is 0.545. The molecule has 0 aromatic carbocycles. The molecule has 8 heteroatoms. The number of nitrogens with two attached hydrogens (primary N) is 1. The zero-order chi connectivity index (χ0) is 18.9. The Hall–Kier alpha value is -2.09. The first kappa shape index (κ1) is 19.2. The van der Waals surface area contributed by atoms with Crippen molar-refractivity contribution in [2.75, 3.05) is 13.2 Å². The highest BCUT2D eigenvalue weighted by molar-refractivity contribution is 5.90. The summed E-state index contributed by atoms with van der Waals surface area (Å²) in [7, 11) is 0. The molecule has 1 fully saturated rings. The van der Waals surface area contributed by atoms with Crippen molar-refractivity contribution in [1.29, 1.82) is 0 Å². The SMILES string of the molecule is CC1=CC2CN(C(=O)N2OCC(=O)OC(C(C)C)C(C)C)[C@@H]1C(N)=O. The summed E-state index contributed by atoms with van der Waals surface area (Å²) in [6.07, 6.45) is 1.56. The van der Waals surface area contributed by atoms with Crippen molar-refractivity contribution in [2.45, 2.75) is 52.8 Å². The molecule has 8 nitrogen and oxygen atoms in total. The smallest absolute Gasteiger partial charge is 0.345 e. The Balaban J connectivity index is 1.97. The van der Waals surface area contributed by atoms with Crippen LogP contribution in [0.1, 0.15) is 34.6 Å². The van der Waals surface area contributed by atoms with Crippen LogP contribution in [-0.4, -0.2) is 59.2 Å². The molecule has 1 unspecified atom stereocenters. The van der Waals surface area contributed by atoms with E-state index in [1.165, 1.54) is 4.90 Å². The summed E-state index contributed by atoms with van der Waals surface area (Å²) in [5.41, 5.74) is 6.08. The number of fused-ring (bicyclic) bond motifs is 2. The first-order valence-electron chi connectivity index (χ1n) is 8.53. The molecule has 2 bridgehead atoms. The van der Waals surface area contributed by atoms with E-state index in [0.29, 0.717) is 12.1 Å². The van der Waals surface area contributed by atoms with Crippen LogP contribution < -0.4 is 5.73 Å². The number of hydrogen-bond acceptors (Lipinski definition) is 5. The number of hydrogen-bond donors (Lipinski definition) is 1. The van der Waals surface area contributed by atoms with Gasteiger partial charge < -0.3 is 15.4 Å². The number of ether oxygens (including phenoxy) is 1. The van der Waals surface area contributed by atoms with Crippen LogP contribution in [-0.2, 0) is 19.2 Å². The van der Waals surface area contributed by atoms with Gasteiger partial charge in [-0.3, -0.25) is 9.63 Å². The Morgan fingerprint density at radius 1 is 1.28 bits per heavy atom. The van der Waals surface area contributed by atoms with Gasteiger partial charge >= 0.3 is 12.0 Å². The van der Waals surface area contributed by atoms with E-state index >= 15 is 0 Å². The predicted octanol–water partition coefficient (Wildman–Crippen LogP) is 1.06. The van der Waals surface area contributed by atoms with E-state index in [0.717, 1.165) is 5.06 Å². The fourth-order valence-electron chi connectivity index (χ4n) is 3.48. The van der Waals surface area contributed by atoms with Crippen LogP contribution in [0, 0.1) is 11.8 Å². The summed E-state index contributed by atoms with van der Waals surface area (Å²) >= 11 is 0. The molecule has 25 heavy (non-hydrogen) atoms. The summed E-state index contributed by atoms with van der Waals surface area (Å²) < 4.78 is 5.46. The third-order valence-corrected chi connectivity index (χ3v) is 4.49. The summed E-state index contributed by atoms with van der Waals surface area (Å²) in [6, 6.07) is -1.59. The fraction of sp³-hybridized carbons (Fsp3) is 0.706. The second kappa shape index (κ2) is 7.43. The Labute approximate surface area is 147 Å². The highest BCUT2D eigenvalue weighted by Crippen LogP contribution is 2.29. The van der Waals surface area contributed by atoms with Crippen molar-refractivity contribution >= 4 is 17.9 Å². The van der Waals surface area contributed by atoms with Gasteiger partial charge in [-0.25, -0.2) is 9.59 Å². The van der Waals surface area contributed by atoms with Crippen molar-refractivity contribution < 1.29 is 24.0 Å². The minimum atomic E-state index is -0.768. The van der Waals surface area contributed by atoms with E-state index in [1.807, 2.05) is 27.7 Å². The second-order valence-corrected chi connectivity index (χ2v) is 7.26. The van der Waals surface area contributed by atoms with Gasteiger partial charge in [0.05, 0.1) is 12.6 Å². The topological polar surface area (TPSA) is 102 Å². The van der Waals surface area contributed by atoms with Gasteiger partial charge in [0.2, 0.25) is 5.91 Å². The molecule has 2 rings (SSSR count). The van der Waals surface area contributed by atoms with E-state index in [4.69, 9.17) is 15.3 Å². The number of urea groups is 1. The van der Waals surface area contributed by atoms with Gasteiger partial charge in [0.1, 0.15) is 12.1 Å². The van der Waals surface area contributed by atoms with Crippen LogP contribution >= 0.6 is 0 Å². The third-order valence-electron chi connectivity index (χ3n) is 4.49. The van der Waals surface area contributed by atoms with Gasteiger partial charge in [-0.05, 0) is 24.3 Å². The molecule has 2 aliphatic rings. The molecular weight excluding hydrogens is 326 g/mol. The molecule has 0 saturated carbocycles. The Morgan fingerprint density at radius 2 is 1.88 bits per heavy atom. The fourth-order valence-corrected chi connectivity index (χ4v) is 3.48. The molecule has 0 aliphatic carbocycles. The lowest BCUT2D eigenvalue weighted by atomic mass is 9.96. The summed E-state index contributed by atoms with van der Waals surface area (Å²) in [4.78, 5) is 42.8. The van der Waals surface area contributed by atoms with E-state index in [-0.39, 0.29) is 30.6 Å². The van der Waals surface area contributed by atoms with Crippen LogP contribution in [0.2, 0.25) is 0 Å². The number of rotatable bonds is 7. The standard InChI is InChI=1S/C17H27N3O5/c1-9(2)15(10(3)4)25-13(21)8-24-20-12-6-11(5)14(16(18)22)19(7-12)17(20)23/h6,9-10,12,14-15H,7-8H2,1-5H3,(H2,18,22)/t12?,14-/m0/s1. The maximum absolute atomic E-state index is 12.4. The Bertz CT molecular complexity index is 579. The van der Waals surface area contributed by atoms with Gasteiger partial charge in [0.25, 0.3) is 0 Å². The van der Waals surface area contributed by atoms with Crippen molar-refractivity contribution in [1.82, 2.24) is 9.96 Å². The highest BCUT2D eigenvalue weighted by atomic mass is 16.7. The predicted molar refractivity (Wildman–Crippen MR) is 90.0 cm³/mol. The second-order valence-electron chi connectivity index (χ2n) is 7.26. The maximum Gasteiger partial charge on any atom is 0.345 e. The number of hydroxylamine groups is 2. The number of esters is 1. The van der Waals surface area contributed by atoms with E-state index in [9.17, 15) is 14.4 Å². The van der Waals surface area contributed by atoms with Crippen LogP contribution in [0.4, 0.5) is 4.79 Å². The normalized spacial score (nSPS) is 22.9. The van der Waals surface area contributed by atoms with Crippen LogP contribution in [0.5, 0.6) is 0 Å². The molecule has 0 aromatic heterocycles. The lowest BCUT2D eigenvalue weighted by Crippen LogP contribution is -2.48. The Morgan fingerprint density at radius 3 is 2.40 bits per heavy atom. The van der Waals surface area contributed by atoms with E-state index in [2.05, 4.69) is 0 Å². The average molecular weight is 353 g/mol. The molecular formula is C17H27N3O5. The number of carbonyl (C=O) groups excluding carboxylic acids is 3. The monoisotopic (exact) mass is 353 g/mol.